The topological polar surface area (TPSA) is 9.23 Å². The van der Waals surface area contributed by atoms with Crippen LogP contribution in [0.15, 0.2) is 42.5 Å². The first-order chi connectivity index (χ1) is 8.29. The fourth-order valence-corrected chi connectivity index (χ4v) is 1.87. The van der Waals surface area contributed by atoms with Gasteiger partial charge >= 0.3 is 0 Å². The molecule has 0 heterocycles. The number of halogens is 1. The maximum absolute atomic E-state index is 6.07. The summed E-state index contributed by atoms with van der Waals surface area (Å²) < 4.78 is 5.40. The standard InChI is InChI=1S/C15H14ClO/c1-2-17-14-9-7-12(8-10-14)11-13-5-3-4-6-15(13)16/h3-5,7-10H,2,11H2,1H3. The van der Waals surface area contributed by atoms with Gasteiger partial charge in [0.1, 0.15) is 5.75 Å². The molecule has 0 N–H and O–H groups in total. The zero-order valence-electron chi connectivity index (χ0n) is 9.74. The number of hydrogen-bond donors (Lipinski definition) is 0. The van der Waals surface area contributed by atoms with E-state index in [-0.39, 0.29) is 0 Å². The predicted molar refractivity (Wildman–Crippen MR) is 70.7 cm³/mol. The monoisotopic (exact) mass is 245 g/mol. The molecule has 1 nitrogen and oxygen atoms in total. The van der Waals surface area contributed by atoms with Crippen molar-refractivity contribution < 1.29 is 4.74 Å². The van der Waals surface area contributed by atoms with Gasteiger partial charge in [-0.2, -0.15) is 0 Å². The quantitative estimate of drug-likeness (QED) is 0.787. The lowest BCUT2D eigenvalue weighted by Gasteiger charge is -2.06. The van der Waals surface area contributed by atoms with E-state index in [2.05, 4.69) is 18.2 Å². The Morgan fingerprint density at radius 1 is 1.18 bits per heavy atom. The second-order valence-corrected chi connectivity index (χ2v) is 4.14. The van der Waals surface area contributed by atoms with E-state index in [0.717, 1.165) is 17.7 Å². The van der Waals surface area contributed by atoms with E-state index in [4.69, 9.17) is 16.3 Å². The van der Waals surface area contributed by atoms with E-state index in [1.165, 1.54) is 5.56 Å². The molecule has 2 aromatic carbocycles. The maximum Gasteiger partial charge on any atom is 0.119 e. The van der Waals surface area contributed by atoms with Crippen molar-refractivity contribution in [3.05, 3.63) is 64.7 Å². The molecule has 2 rings (SSSR count). The van der Waals surface area contributed by atoms with Crippen molar-refractivity contribution in [2.24, 2.45) is 0 Å². The first kappa shape index (κ1) is 12.0. The van der Waals surface area contributed by atoms with Crippen LogP contribution in [0.2, 0.25) is 5.02 Å². The normalized spacial score (nSPS) is 10.2. The summed E-state index contributed by atoms with van der Waals surface area (Å²) >= 11 is 6.07. The molecule has 87 valence electrons. The zero-order valence-corrected chi connectivity index (χ0v) is 10.5. The van der Waals surface area contributed by atoms with Gasteiger partial charge in [-0.25, -0.2) is 0 Å². The fourth-order valence-electron chi connectivity index (χ4n) is 1.68. The fraction of sp³-hybridized carbons (Fsp3) is 0.200. The SMILES string of the molecule is CCOc1ccc(Cc2ccc[c]c2Cl)cc1. The highest BCUT2D eigenvalue weighted by Gasteiger charge is 2.01. The molecule has 0 aromatic heterocycles. The summed E-state index contributed by atoms with van der Waals surface area (Å²) in [5, 5.41) is 0.696. The van der Waals surface area contributed by atoms with E-state index < -0.39 is 0 Å². The van der Waals surface area contributed by atoms with Crippen molar-refractivity contribution in [3.8, 4) is 5.75 Å². The van der Waals surface area contributed by atoms with Crippen LogP contribution >= 0.6 is 11.6 Å². The third kappa shape index (κ3) is 3.24. The summed E-state index contributed by atoms with van der Waals surface area (Å²) in [5.74, 6) is 0.905. The van der Waals surface area contributed by atoms with Gasteiger partial charge in [0.15, 0.2) is 0 Å². The summed E-state index contributed by atoms with van der Waals surface area (Å²) in [6.45, 7) is 2.67. The molecule has 0 fully saturated rings. The van der Waals surface area contributed by atoms with Crippen molar-refractivity contribution >= 4 is 11.6 Å². The lowest BCUT2D eigenvalue weighted by molar-refractivity contribution is 0.340. The van der Waals surface area contributed by atoms with Crippen LogP contribution in [0, 0.1) is 6.07 Å². The van der Waals surface area contributed by atoms with Crippen molar-refractivity contribution in [2.75, 3.05) is 6.61 Å². The van der Waals surface area contributed by atoms with Gasteiger partial charge in [0.05, 0.1) is 11.6 Å². The second-order valence-electron chi connectivity index (χ2n) is 3.76. The smallest absolute Gasteiger partial charge is 0.119 e. The Kier molecular flexibility index (Phi) is 4.05. The summed E-state index contributed by atoms with van der Waals surface area (Å²) in [6, 6.07) is 16.9. The first-order valence-corrected chi connectivity index (χ1v) is 6.04. The van der Waals surface area contributed by atoms with Crippen molar-refractivity contribution in [1.82, 2.24) is 0 Å². The van der Waals surface area contributed by atoms with Gasteiger partial charge in [0.25, 0.3) is 0 Å². The van der Waals surface area contributed by atoms with E-state index in [1.54, 1.807) is 0 Å². The molecular weight excluding hydrogens is 232 g/mol. The highest BCUT2D eigenvalue weighted by Crippen LogP contribution is 2.20. The molecule has 0 aliphatic carbocycles. The largest absolute Gasteiger partial charge is 0.494 e. The van der Waals surface area contributed by atoms with Gasteiger partial charge < -0.3 is 4.74 Å². The van der Waals surface area contributed by atoms with Crippen LogP contribution in [-0.4, -0.2) is 6.61 Å². The predicted octanol–water partition coefficient (Wildman–Crippen LogP) is 4.13. The summed E-state index contributed by atoms with van der Waals surface area (Å²) in [6.07, 6.45) is 0.822. The molecule has 0 atom stereocenters. The van der Waals surface area contributed by atoms with E-state index in [9.17, 15) is 0 Å². The van der Waals surface area contributed by atoms with Crippen LogP contribution < -0.4 is 4.74 Å². The van der Waals surface area contributed by atoms with Gasteiger partial charge in [-0.05, 0) is 36.6 Å². The van der Waals surface area contributed by atoms with Crippen LogP contribution in [0.1, 0.15) is 18.1 Å². The molecule has 2 heteroatoms. The van der Waals surface area contributed by atoms with Gasteiger partial charge in [-0.3, -0.25) is 0 Å². The van der Waals surface area contributed by atoms with Crippen molar-refractivity contribution in [3.63, 3.8) is 0 Å². The number of benzene rings is 2. The Morgan fingerprint density at radius 3 is 2.59 bits per heavy atom. The molecule has 0 unspecified atom stereocenters. The lowest BCUT2D eigenvalue weighted by Crippen LogP contribution is -1.93. The van der Waals surface area contributed by atoms with Gasteiger partial charge in [0.2, 0.25) is 0 Å². The van der Waals surface area contributed by atoms with E-state index in [1.807, 2.05) is 37.3 Å². The minimum atomic E-state index is 0.693. The Morgan fingerprint density at radius 2 is 1.94 bits per heavy atom. The summed E-state index contributed by atoms with van der Waals surface area (Å²) in [5.41, 5.74) is 2.31. The Hall–Kier alpha value is -1.47. The number of hydrogen-bond acceptors (Lipinski definition) is 1. The van der Waals surface area contributed by atoms with Gasteiger partial charge in [-0.1, -0.05) is 41.9 Å². The third-order valence-corrected chi connectivity index (χ3v) is 2.87. The maximum atomic E-state index is 6.07. The lowest BCUT2D eigenvalue weighted by atomic mass is 10.1. The van der Waals surface area contributed by atoms with Gasteiger partial charge in [0, 0.05) is 6.07 Å². The van der Waals surface area contributed by atoms with Crippen LogP contribution in [0.25, 0.3) is 0 Å². The highest BCUT2D eigenvalue weighted by molar-refractivity contribution is 6.31. The van der Waals surface area contributed by atoms with Crippen molar-refractivity contribution in [2.45, 2.75) is 13.3 Å². The molecule has 0 spiro atoms. The Labute approximate surface area is 107 Å². The molecule has 2 aromatic rings. The number of ether oxygens (including phenoxy) is 1. The zero-order chi connectivity index (χ0) is 12.1. The molecule has 0 bridgehead atoms. The molecule has 0 saturated heterocycles. The molecule has 0 aliphatic heterocycles. The highest BCUT2D eigenvalue weighted by atomic mass is 35.5. The molecule has 0 saturated carbocycles. The Balaban J connectivity index is 2.11. The first-order valence-electron chi connectivity index (χ1n) is 5.66. The van der Waals surface area contributed by atoms with Crippen molar-refractivity contribution in [1.29, 1.82) is 0 Å². The molecule has 0 amide bonds. The van der Waals surface area contributed by atoms with Crippen LogP contribution in [0.5, 0.6) is 5.75 Å². The third-order valence-electron chi connectivity index (χ3n) is 2.51. The van der Waals surface area contributed by atoms with E-state index >= 15 is 0 Å². The second kappa shape index (κ2) is 5.74. The van der Waals surface area contributed by atoms with Crippen LogP contribution in [0.4, 0.5) is 0 Å². The minimum Gasteiger partial charge on any atom is -0.494 e. The molecule has 0 aliphatic rings. The average Bonchev–Trinajstić information content (AvgIpc) is 2.35. The van der Waals surface area contributed by atoms with Crippen LogP contribution in [-0.2, 0) is 6.42 Å². The van der Waals surface area contributed by atoms with E-state index in [0.29, 0.717) is 11.6 Å². The summed E-state index contributed by atoms with van der Waals surface area (Å²) in [7, 11) is 0. The molecule has 17 heavy (non-hydrogen) atoms. The summed E-state index contributed by atoms with van der Waals surface area (Å²) in [4.78, 5) is 0. The molecular formula is C15H14ClO. The average molecular weight is 246 g/mol. The Bertz CT molecular complexity index is 477. The number of rotatable bonds is 4. The molecule has 1 radical (unpaired) electrons. The van der Waals surface area contributed by atoms with Gasteiger partial charge in [-0.15, -0.1) is 0 Å². The van der Waals surface area contributed by atoms with Crippen LogP contribution in [0.3, 0.4) is 0 Å². The minimum absolute atomic E-state index is 0.693.